The molecule has 1 atom stereocenters. The Kier molecular flexibility index (Phi) is 4.30. The highest BCUT2D eigenvalue weighted by atomic mass is 32.2. The number of hydrogen-bond acceptors (Lipinski definition) is 4. The minimum absolute atomic E-state index is 0.0732. The Hall–Kier alpha value is -2.74. The first-order valence-electron chi connectivity index (χ1n) is 7.44. The van der Waals surface area contributed by atoms with Crippen LogP contribution in [-0.4, -0.2) is 26.5 Å². The van der Waals surface area contributed by atoms with Crippen LogP contribution in [0.4, 0.5) is 15.8 Å². The molecule has 6 nitrogen and oxygen atoms in total. The molecule has 130 valence electrons. The Morgan fingerprint density at radius 2 is 2.00 bits per heavy atom. The lowest BCUT2D eigenvalue weighted by Gasteiger charge is -2.25. The molecule has 3 rings (SSSR count). The topological polar surface area (TPSA) is 92.3 Å². The molecule has 25 heavy (non-hydrogen) atoms. The van der Waals surface area contributed by atoms with Crippen LogP contribution in [0.1, 0.15) is 17.9 Å². The van der Waals surface area contributed by atoms with Crippen molar-refractivity contribution < 1.29 is 22.4 Å². The van der Waals surface area contributed by atoms with Gasteiger partial charge in [0.15, 0.2) is 9.84 Å². The zero-order valence-corrected chi connectivity index (χ0v) is 14.1. The van der Waals surface area contributed by atoms with Gasteiger partial charge in [0.1, 0.15) is 5.82 Å². The van der Waals surface area contributed by atoms with Gasteiger partial charge in [-0.2, -0.15) is 0 Å². The molecule has 0 radical (unpaired) electrons. The lowest BCUT2D eigenvalue weighted by atomic mass is 9.89. The maximum atomic E-state index is 13.3. The van der Waals surface area contributed by atoms with E-state index in [0.29, 0.717) is 11.3 Å². The van der Waals surface area contributed by atoms with Crippen LogP contribution >= 0.6 is 0 Å². The number of fused-ring (bicyclic) bond motifs is 1. The van der Waals surface area contributed by atoms with E-state index in [1.54, 1.807) is 6.07 Å². The van der Waals surface area contributed by atoms with Crippen LogP contribution in [0.5, 0.6) is 0 Å². The number of sulfone groups is 1. The summed E-state index contributed by atoms with van der Waals surface area (Å²) in [6.07, 6.45) is 1.00. The summed E-state index contributed by atoms with van der Waals surface area (Å²) in [5.41, 5.74) is 1.08. The minimum Gasteiger partial charge on any atom is -0.326 e. The van der Waals surface area contributed by atoms with Crippen molar-refractivity contribution in [1.29, 1.82) is 0 Å². The summed E-state index contributed by atoms with van der Waals surface area (Å²) in [5, 5.41) is 5.16. The Morgan fingerprint density at radius 3 is 2.72 bits per heavy atom. The van der Waals surface area contributed by atoms with E-state index in [4.69, 9.17) is 0 Å². The highest BCUT2D eigenvalue weighted by Gasteiger charge is 2.31. The molecule has 2 N–H and O–H groups in total. The second-order valence-electron chi connectivity index (χ2n) is 5.83. The number of benzene rings is 2. The standard InChI is InChI=1S/C17H15FN2O4S/c1-25(23,24)12-4-2-3-11(8-12)19-17(22)14-9-16(21)20-15-7-10(18)5-6-13(14)15/h2-8,14H,9H2,1H3,(H,19,22)(H,20,21)/t14-/m1/s1. The summed E-state index contributed by atoms with van der Waals surface area (Å²) in [6, 6.07) is 9.70. The Morgan fingerprint density at radius 1 is 1.24 bits per heavy atom. The van der Waals surface area contributed by atoms with Crippen LogP contribution < -0.4 is 10.6 Å². The lowest BCUT2D eigenvalue weighted by Crippen LogP contribution is -2.30. The summed E-state index contributed by atoms with van der Waals surface area (Å²) in [6.45, 7) is 0. The van der Waals surface area contributed by atoms with Gasteiger partial charge < -0.3 is 10.6 Å². The first-order valence-corrected chi connectivity index (χ1v) is 9.33. The molecule has 0 aliphatic carbocycles. The Bertz CT molecular complexity index is 972. The smallest absolute Gasteiger partial charge is 0.232 e. The fourth-order valence-electron chi connectivity index (χ4n) is 2.71. The number of halogens is 1. The first kappa shape index (κ1) is 17.1. The van der Waals surface area contributed by atoms with Gasteiger partial charge in [-0.3, -0.25) is 9.59 Å². The van der Waals surface area contributed by atoms with Crippen molar-refractivity contribution in [2.45, 2.75) is 17.2 Å². The molecule has 1 aliphatic rings. The molecule has 2 aromatic carbocycles. The van der Waals surface area contributed by atoms with Crippen LogP contribution in [0, 0.1) is 5.82 Å². The predicted octanol–water partition coefficient (Wildman–Crippen LogP) is 2.29. The van der Waals surface area contributed by atoms with Gasteiger partial charge in [-0.25, -0.2) is 12.8 Å². The van der Waals surface area contributed by atoms with E-state index in [1.807, 2.05) is 0 Å². The molecule has 0 bridgehead atoms. The molecule has 0 fully saturated rings. The average molecular weight is 362 g/mol. The summed E-state index contributed by atoms with van der Waals surface area (Å²) >= 11 is 0. The van der Waals surface area contributed by atoms with Crippen molar-refractivity contribution >= 4 is 33.0 Å². The van der Waals surface area contributed by atoms with Crippen molar-refractivity contribution in [3.63, 3.8) is 0 Å². The summed E-state index contributed by atoms with van der Waals surface area (Å²) in [4.78, 5) is 24.5. The van der Waals surface area contributed by atoms with Gasteiger partial charge in [0, 0.05) is 24.1 Å². The molecular weight excluding hydrogens is 347 g/mol. The fourth-order valence-corrected chi connectivity index (χ4v) is 3.37. The van der Waals surface area contributed by atoms with Gasteiger partial charge in [0.05, 0.1) is 10.8 Å². The third-order valence-corrected chi connectivity index (χ3v) is 5.01. The van der Waals surface area contributed by atoms with E-state index in [-0.39, 0.29) is 22.9 Å². The number of amides is 2. The molecule has 1 heterocycles. The van der Waals surface area contributed by atoms with Crippen LogP contribution in [0.3, 0.4) is 0 Å². The van der Waals surface area contributed by atoms with Crippen molar-refractivity contribution in [3.05, 3.63) is 53.8 Å². The number of rotatable bonds is 3. The average Bonchev–Trinajstić information content (AvgIpc) is 2.53. The van der Waals surface area contributed by atoms with Crippen molar-refractivity contribution in [2.75, 3.05) is 16.9 Å². The summed E-state index contributed by atoms with van der Waals surface area (Å²) < 4.78 is 36.6. The van der Waals surface area contributed by atoms with E-state index in [9.17, 15) is 22.4 Å². The van der Waals surface area contributed by atoms with Crippen LogP contribution in [0.2, 0.25) is 0 Å². The number of carbonyl (C=O) groups excluding carboxylic acids is 2. The summed E-state index contributed by atoms with van der Waals surface area (Å²) in [5.74, 6) is -2.15. The van der Waals surface area contributed by atoms with Gasteiger partial charge >= 0.3 is 0 Å². The third kappa shape index (κ3) is 3.69. The van der Waals surface area contributed by atoms with Gasteiger partial charge in [-0.1, -0.05) is 12.1 Å². The monoisotopic (exact) mass is 362 g/mol. The highest BCUT2D eigenvalue weighted by Crippen LogP contribution is 2.33. The molecule has 0 saturated carbocycles. The van der Waals surface area contributed by atoms with Crippen molar-refractivity contribution in [1.82, 2.24) is 0 Å². The van der Waals surface area contributed by atoms with E-state index in [1.165, 1.54) is 30.3 Å². The molecule has 1 aliphatic heterocycles. The van der Waals surface area contributed by atoms with Gasteiger partial charge in [0.2, 0.25) is 11.8 Å². The van der Waals surface area contributed by atoms with E-state index in [2.05, 4.69) is 10.6 Å². The second kappa shape index (κ2) is 6.29. The lowest BCUT2D eigenvalue weighted by molar-refractivity contribution is -0.123. The number of hydrogen-bond donors (Lipinski definition) is 2. The third-order valence-electron chi connectivity index (χ3n) is 3.90. The minimum atomic E-state index is -3.41. The van der Waals surface area contributed by atoms with Crippen LogP contribution in [0.25, 0.3) is 0 Å². The van der Waals surface area contributed by atoms with Crippen molar-refractivity contribution in [3.8, 4) is 0 Å². The molecular formula is C17H15FN2O4S. The largest absolute Gasteiger partial charge is 0.326 e. The van der Waals surface area contributed by atoms with E-state index >= 15 is 0 Å². The zero-order chi connectivity index (χ0) is 18.2. The normalized spacial score (nSPS) is 16.7. The number of carbonyl (C=O) groups is 2. The van der Waals surface area contributed by atoms with E-state index in [0.717, 1.165) is 12.3 Å². The molecule has 8 heteroatoms. The predicted molar refractivity (Wildman–Crippen MR) is 90.6 cm³/mol. The molecule has 0 saturated heterocycles. The first-order chi connectivity index (χ1) is 11.7. The van der Waals surface area contributed by atoms with Gasteiger partial charge in [-0.15, -0.1) is 0 Å². The van der Waals surface area contributed by atoms with Crippen LogP contribution in [-0.2, 0) is 19.4 Å². The van der Waals surface area contributed by atoms with Gasteiger partial charge in [-0.05, 0) is 35.9 Å². The number of nitrogens with one attached hydrogen (secondary N) is 2. The molecule has 2 amide bonds. The van der Waals surface area contributed by atoms with Gasteiger partial charge in [0.25, 0.3) is 0 Å². The zero-order valence-electron chi connectivity index (χ0n) is 13.2. The maximum absolute atomic E-state index is 13.3. The molecule has 0 unspecified atom stereocenters. The molecule has 0 aromatic heterocycles. The summed E-state index contributed by atoms with van der Waals surface area (Å²) in [7, 11) is -3.41. The second-order valence-corrected chi connectivity index (χ2v) is 7.84. The molecule has 0 spiro atoms. The van der Waals surface area contributed by atoms with Crippen molar-refractivity contribution in [2.24, 2.45) is 0 Å². The maximum Gasteiger partial charge on any atom is 0.232 e. The van der Waals surface area contributed by atoms with Crippen LogP contribution in [0.15, 0.2) is 47.4 Å². The Labute approximate surface area is 144 Å². The molecule has 2 aromatic rings. The highest BCUT2D eigenvalue weighted by molar-refractivity contribution is 7.90. The SMILES string of the molecule is CS(=O)(=O)c1cccc(NC(=O)[C@@H]2CC(=O)Nc3cc(F)ccc32)c1. The quantitative estimate of drug-likeness (QED) is 0.876. The van der Waals surface area contributed by atoms with E-state index < -0.39 is 27.5 Å². The fraction of sp³-hybridized carbons (Fsp3) is 0.176. The number of anilines is 2. The Balaban J connectivity index is 1.89.